The Morgan fingerprint density at radius 1 is 1.50 bits per heavy atom. The number of hydrogen-bond donors (Lipinski definition) is 1. The fraction of sp³-hybridized carbons (Fsp3) is 0.500. The van der Waals surface area contributed by atoms with E-state index >= 15 is 0 Å². The number of benzene rings is 1. The summed E-state index contributed by atoms with van der Waals surface area (Å²) in [6.07, 6.45) is 1.74. The van der Waals surface area contributed by atoms with Crippen molar-refractivity contribution >= 4 is 17.5 Å². The normalized spacial score (nSPS) is 24.1. The number of amides is 1. The monoisotopic (exact) mass is 266 g/mol. The van der Waals surface area contributed by atoms with Crippen LogP contribution in [0.15, 0.2) is 18.2 Å². The molecule has 1 amide bonds. The molecule has 2 N–H and O–H groups in total. The van der Waals surface area contributed by atoms with Crippen molar-refractivity contribution in [1.29, 1.82) is 0 Å². The maximum absolute atomic E-state index is 12.4. The van der Waals surface area contributed by atoms with E-state index in [2.05, 4.69) is 0 Å². The van der Waals surface area contributed by atoms with Crippen molar-refractivity contribution in [1.82, 2.24) is 4.90 Å². The van der Waals surface area contributed by atoms with Gasteiger partial charge in [-0.25, -0.2) is 0 Å². The molecule has 0 spiro atoms. The smallest absolute Gasteiger partial charge is 0.254 e. The van der Waals surface area contributed by atoms with Gasteiger partial charge in [-0.15, -0.1) is 0 Å². The number of carbonyl (C=O) groups excluding carboxylic acids is 1. The molecule has 98 valence electrons. The zero-order valence-electron chi connectivity index (χ0n) is 10.8. The summed E-state index contributed by atoms with van der Waals surface area (Å²) in [5.74, 6) is 0.0521. The molecule has 3 nitrogen and oxygen atoms in total. The van der Waals surface area contributed by atoms with Crippen LogP contribution in [0.1, 0.15) is 35.7 Å². The van der Waals surface area contributed by atoms with Gasteiger partial charge >= 0.3 is 0 Å². The van der Waals surface area contributed by atoms with E-state index in [1.807, 2.05) is 30.9 Å². The second-order valence-corrected chi connectivity index (χ2v) is 5.50. The number of halogens is 1. The van der Waals surface area contributed by atoms with E-state index in [0.717, 1.165) is 24.9 Å². The Balaban J connectivity index is 2.18. The highest BCUT2D eigenvalue weighted by atomic mass is 35.5. The first-order valence-corrected chi connectivity index (χ1v) is 6.69. The van der Waals surface area contributed by atoms with Crippen molar-refractivity contribution in [2.24, 2.45) is 5.73 Å². The molecule has 2 rings (SSSR count). The number of rotatable bonds is 1. The Kier molecular flexibility index (Phi) is 3.93. The van der Waals surface area contributed by atoms with Gasteiger partial charge in [-0.1, -0.05) is 17.7 Å². The van der Waals surface area contributed by atoms with Gasteiger partial charge in [0.25, 0.3) is 5.91 Å². The molecule has 2 unspecified atom stereocenters. The van der Waals surface area contributed by atoms with Gasteiger partial charge in [-0.05, 0) is 44.4 Å². The lowest BCUT2D eigenvalue weighted by molar-refractivity contribution is 0.0619. The van der Waals surface area contributed by atoms with E-state index in [1.165, 1.54) is 0 Å². The van der Waals surface area contributed by atoms with Crippen LogP contribution < -0.4 is 5.73 Å². The Bertz CT molecular complexity index is 461. The minimum Gasteiger partial charge on any atom is -0.336 e. The molecule has 1 aromatic rings. The summed E-state index contributed by atoms with van der Waals surface area (Å²) in [5.41, 5.74) is 7.56. The predicted molar refractivity (Wildman–Crippen MR) is 73.9 cm³/mol. The molecule has 1 aliphatic heterocycles. The molecule has 1 saturated heterocycles. The summed E-state index contributed by atoms with van der Waals surface area (Å²) < 4.78 is 0. The minimum atomic E-state index is 0.0521. The Labute approximate surface area is 113 Å². The van der Waals surface area contributed by atoms with Crippen LogP contribution in [-0.2, 0) is 0 Å². The quantitative estimate of drug-likeness (QED) is 0.849. The van der Waals surface area contributed by atoms with Crippen LogP contribution in [0.4, 0.5) is 0 Å². The first-order valence-electron chi connectivity index (χ1n) is 6.31. The molecule has 0 bridgehead atoms. The van der Waals surface area contributed by atoms with Crippen molar-refractivity contribution in [2.75, 3.05) is 6.54 Å². The summed E-state index contributed by atoms with van der Waals surface area (Å²) in [7, 11) is 0. The van der Waals surface area contributed by atoms with Crippen molar-refractivity contribution in [3.8, 4) is 0 Å². The van der Waals surface area contributed by atoms with Crippen molar-refractivity contribution < 1.29 is 4.79 Å². The maximum Gasteiger partial charge on any atom is 0.254 e. The third-order valence-corrected chi connectivity index (χ3v) is 4.00. The number of carbonyl (C=O) groups is 1. The lowest BCUT2D eigenvalue weighted by Gasteiger charge is -2.36. The van der Waals surface area contributed by atoms with Gasteiger partial charge < -0.3 is 10.6 Å². The van der Waals surface area contributed by atoms with Crippen molar-refractivity contribution in [2.45, 2.75) is 38.8 Å². The number of nitrogens with two attached hydrogens (primary N) is 1. The highest BCUT2D eigenvalue weighted by Gasteiger charge is 2.27. The Morgan fingerprint density at radius 3 is 2.83 bits per heavy atom. The standard InChI is InChI=1S/C14H19ClN2O/c1-9-3-4-11(8-13(9)15)14(18)17-6-5-12(16)7-10(17)2/h3-4,8,10,12H,5-7,16H2,1-2H3. The highest BCUT2D eigenvalue weighted by molar-refractivity contribution is 6.31. The number of piperidine rings is 1. The highest BCUT2D eigenvalue weighted by Crippen LogP contribution is 2.22. The number of aryl methyl sites for hydroxylation is 1. The van der Waals surface area contributed by atoms with E-state index in [4.69, 9.17) is 17.3 Å². The van der Waals surface area contributed by atoms with E-state index < -0.39 is 0 Å². The van der Waals surface area contributed by atoms with Gasteiger partial charge in [0.1, 0.15) is 0 Å². The molecule has 0 aliphatic carbocycles. The summed E-state index contributed by atoms with van der Waals surface area (Å²) >= 11 is 6.07. The topological polar surface area (TPSA) is 46.3 Å². The van der Waals surface area contributed by atoms with E-state index in [1.54, 1.807) is 6.07 Å². The molecule has 1 fully saturated rings. The maximum atomic E-state index is 12.4. The zero-order chi connectivity index (χ0) is 13.3. The summed E-state index contributed by atoms with van der Waals surface area (Å²) in [6, 6.07) is 5.88. The SMILES string of the molecule is Cc1ccc(C(=O)N2CCC(N)CC2C)cc1Cl. The zero-order valence-corrected chi connectivity index (χ0v) is 11.6. The van der Waals surface area contributed by atoms with Crippen molar-refractivity contribution in [3.63, 3.8) is 0 Å². The van der Waals surface area contributed by atoms with E-state index in [0.29, 0.717) is 10.6 Å². The molecule has 0 radical (unpaired) electrons. The summed E-state index contributed by atoms with van der Waals surface area (Å²) in [6.45, 7) is 4.71. The lowest BCUT2D eigenvalue weighted by Crippen LogP contribution is -2.48. The third kappa shape index (κ3) is 2.68. The lowest BCUT2D eigenvalue weighted by atomic mass is 9.98. The van der Waals surface area contributed by atoms with Crippen molar-refractivity contribution in [3.05, 3.63) is 34.3 Å². The number of hydrogen-bond acceptors (Lipinski definition) is 2. The van der Waals surface area contributed by atoms with Crippen LogP contribution in [0.2, 0.25) is 5.02 Å². The van der Waals surface area contributed by atoms with E-state index in [9.17, 15) is 4.79 Å². The van der Waals surface area contributed by atoms with E-state index in [-0.39, 0.29) is 18.0 Å². The van der Waals surface area contributed by atoms with Crippen LogP contribution in [-0.4, -0.2) is 29.4 Å². The molecular formula is C14H19ClN2O. The summed E-state index contributed by atoms with van der Waals surface area (Å²) in [4.78, 5) is 14.3. The largest absolute Gasteiger partial charge is 0.336 e. The second kappa shape index (κ2) is 5.29. The first-order chi connectivity index (χ1) is 8.49. The van der Waals surface area contributed by atoms with Gasteiger partial charge in [-0.3, -0.25) is 4.79 Å². The third-order valence-electron chi connectivity index (χ3n) is 3.60. The Hall–Kier alpha value is -1.06. The average Bonchev–Trinajstić information content (AvgIpc) is 2.32. The van der Waals surface area contributed by atoms with Gasteiger partial charge in [0.15, 0.2) is 0 Å². The van der Waals surface area contributed by atoms with Gasteiger partial charge in [0.05, 0.1) is 0 Å². The fourth-order valence-electron chi connectivity index (χ4n) is 2.40. The fourth-order valence-corrected chi connectivity index (χ4v) is 2.58. The molecule has 1 aliphatic rings. The molecule has 0 aromatic heterocycles. The Morgan fingerprint density at radius 2 is 2.22 bits per heavy atom. The summed E-state index contributed by atoms with van der Waals surface area (Å²) in [5, 5.41) is 0.641. The molecule has 1 heterocycles. The average molecular weight is 267 g/mol. The molecule has 0 saturated carbocycles. The second-order valence-electron chi connectivity index (χ2n) is 5.10. The first kappa shape index (κ1) is 13.4. The number of likely N-dealkylation sites (tertiary alicyclic amines) is 1. The molecule has 1 aromatic carbocycles. The molecule has 18 heavy (non-hydrogen) atoms. The van der Waals surface area contributed by atoms with Crippen LogP contribution in [0.5, 0.6) is 0 Å². The molecule has 4 heteroatoms. The van der Waals surface area contributed by atoms with Gasteiger partial charge in [0, 0.05) is 29.2 Å². The predicted octanol–water partition coefficient (Wildman–Crippen LogP) is 2.60. The van der Waals surface area contributed by atoms with Crippen LogP contribution in [0.25, 0.3) is 0 Å². The number of nitrogens with zero attached hydrogens (tertiary/aromatic N) is 1. The minimum absolute atomic E-state index is 0.0521. The van der Waals surface area contributed by atoms with Crippen LogP contribution >= 0.6 is 11.6 Å². The molecular weight excluding hydrogens is 248 g/mol. The molecule has 2 atom stereocenters. The van der Waals surface area contributed by atoms with Gasteiger partial charge in [0.2, 0.25) is 0 Å². The van der Waals surface area contributed by atoms with Crippen LogP contribution in [0, 0.1) is 6.92 Å². The van der Waals surface area contributed by atoms with Gasteiger partial charge in [-0.2, -0.15) is 0 Å². The van der Waals surface area contributed by atoms with Crippen LogP contribution in [0.3, 0.4) is 0 Å².